The lowest BCUT2D eigenvalue weighted by Crippen LogP contribution is -2.80. The van der Waals surface area contributed by atoms with Gasteiger partial charge in [0.15, 0.2) is 0 Å². The van der Waals surface area contributed by atoms with E-state index in [4.69, 9.17) is 9.47 Å². The number of carboxylic acids is 1. The van der Waals surface area contributed by atoms with Gasteiger partial charge >= 0.3 is 5.97 Å². The normalized spacial score (nSPS) is 27.3. The lowest BCUT2D eigenvalue weighted by atomic mass is 9.93. The van der Waals surface area contributed by atoms with Crippen LogP contribution in [0, 0.1) is 0 Å². The van der Waals surface area contributed by atoms with E-state index in [1.54, 1.807) is 26.0 Å². The molecule has 0 spiro atoms. The number of β-lactam (4-membered cyclic amide) rings is 1. The molecule has 0 saturated carbocycles. The van der Waals surface area contributed by atoms with Crippen LogP contribution in [0.2, 0.25) is 0 Å². The molecule has 9 nitrogen and oxygen atoms in total. The number of phenolic OH excluding ortho intramolecular Hbond substituents is 1. The Labute approximate surface area is 172 Å². The van der Waals surface area contributed by atoms with Crippen LogP contribution < -0.4 is 5.32 Å². The number of carbonyl (C=O) groups is 3. The Bertz CT molecular complexity index is 859. The third-order valence-electron chi connectivity index (χ3n) is 5.19. The number of nitrogens with one attached hydrogen (secondary N) is 1. The van der Waals surface area contributed by atoms with E-state index in [2.05, 4.69) is 5.32 Å². The summed E-state index contributed by atoms with van der Waals surface area (Å²) in [7, 11) is 2.81. The number of aromatic hydroxyl groups is 1. The molecule has 3 unspecified atom stereocenters. The number of rotatable bonds is 7. The van der Waals surface area contributed by atoms with Crippen molar-refractivity contribution in [1.82, 2.24) is 10.2 Å². The Kier molecular flexibility index (Phi) is 5.54. The first-order valence-electron chi connectivity index (χ1n) is 8.96. The molecule has 158 valence electrons. The van der Waals surface area contributed by atoms with Crippen molar-refractivity contribution in [3.63, 3.8) is 0 Å². The monoisotopic (exact) mass is 424 g/mol. The predicted molar refractivity (Wildman–Crippen MR) is 104 cm³/mol. The SMILES string of the molecule is COCc1cc(CC(=O)NC2(OC)C(=O)N3C(C(=O)O)C(C)(C)SC32)ccc1O. The number of carboxylic acid groups (broad SMARTS) is 1. The molecule has 1 aromatic carbocycles. The number of amides is 2. The molecule has 3 rings (SSSR count). The summed E-state index contributed by atoms with van der Waals surface area (Å²) in [5.41, 5.74) is -0.428. The van der Waals surface area contributed by atoms with Gasteiger partial charge in [-0.2, -0.15) is 0 Å². The van der Waals surface area contributed by atoms with E-state index in [1.165, 1.54) is 36.9 Å². The van der Waals surface area contributed by atoms with Crippen molar-refractivity contribution >= 4 is 29.5 Å². The van der Waals surface area contributed by atoms with Crippen molar-refractivity contribution < 1.29 is 34.1 Å². The Morgan fingerprint density at radius 2 is 2.00 bits per heavy atom. The molecule has 3 atom stereocenters. The van der Waals surface area contributed by atoms with E-state index in [-0.39, 0.29) is 18.8 Å². The number of fused-ring (bicyclic) bond motifs is 1. The summed E-state index contributed by atoms with van der Waals surface area (Å²) in [6, 6.07) is 3.74. The van der Waals surface area contributed by atoms with Crippen LogP contribution in [-0.2, 0) is 36.9 Å². The maximum Gasteiger partial charge on any atom is 0.327 e. The molecule has 2 amide bonds. The highest BCUT2D eigenvalue weighted by molar-refractivity contribution is 8.01. The number of nitrogens with zero attached hydrogens (tertiary/aromatic N) is 1. The van der Waals surface area contributed by atoms with Gasteiger partial charge in [-0.15, -0.1) is 11.8 Å². The van der Waals surface area contributed by atoms with Gasteiger partial charge in [-0.3, -0.25) is 9.59 Å². The summed E-state index contributed by atoms with van der Waals surface area (Å²) >= 11 is 1.28. The number of benzene rings is 1. The van der Waals surface area contributed by atoms with Crippen molar-refractivity contribution in [1.29, 1.82) is 0 Å². The topological polar surface area (TPSA) is 125 Å². The highest BCUT2D eigenvalue weighted by atomic mass is 32.2. The van der Waals surface area contributed by atoms with Crippen LogP contribution in [0.25, 0.3) is 0 Å². The van der Waals surface area contributed by atoms with Gasteiger partial charge in [-0.05, 0) is 31.5 Å². The average molecular weight is 424 g/mol. The number of carbonyl (C=O) groups excluding carboxylic acids is 2. The average Bonchev–Trinajstić information content (AvgIpc) is 2.91. The second-order valence-corrected chi connectivity index (χ2v) is 9.32. The zero-order valence-electron chi connectivity index (χ0n) is 16.6. The summed E-state index contributed by atoms with van der Waals surface area (Å²) in [4.78, 5) is 38.4. The number of methoxy groups -OCH3 is 2. The van der Waals surface area contributed by atoms with E-state index in [1.807, 2.05) is 0 Å². The first kappa shape index (κ1) is 21.4. The van der Waals surface area contributed by atoms with Crippen LogP contribution in [0.4, 0.5) is 0 Å². The molecule has 2 aliphatic heterocycles. The van der Waals surface area contributed by atoms with Crippen molar-refractivity contribution in [2.24, 2.45) is 0 Å². The molecule has 2 fully saturated rings. The Balaban J connectivity index is 1.77. The van der Waals surface area contributed by atoms with Gasteiger partial charge in [0.1, 0.15) is 17.2 Å². The van der Waals surface area contributed by atoms with Crippen LogP contribution in [0.15, 0.2) is 18.2 Å². The minimum absolute atomic E-state index is 0.0431. The number of phenols is 1. The van der Waals surface area contributed by atoms with Crippen molar-refractivity contribution in [2.75, 3.05) is 14.2 Å². The Hall–Kier alpha value is -2.30. The molecule has 2 aliphatic rings. The summed E-state index contributed by atoms with van der Waals surface area (Å²) in [6.07, 6.45) is -0.0431. The molecular formula is C19H24N2O7S. The van der Waals surface area contributed by atoms with Gasteiger partial charge in [-0.25, -0.2) is 4.79 Å². The van der Waals surface area contributed by atoms with Gasteiger partial charge in [0.25, 0.3) is 11.6 Å². The lowest BCUT2D eigenvalue weighted by molar-refractivity contribution is -0.201. The largest absolute Gasteiger partial charge is 0.508 e. The maximum absolute atomic E-state index is 12.8. The fourth-order valence-electron chi connectivity index (χ4n) is 3.84. The summed E-state index contributed by atoms with van der Waals surface area (Å²) < 4.78 is 9.70. The summed E-state index contributed by atoms with van der Waals surface area (Å²) in [5, 5.41) is 21.4. The molecular weight excluding hydrogens is 400 g/mol. The standard InChI is InChI=1S/C19H24N2O7S/c1-18(2)14(15(24)25)21-16(26)19(28-4,17(21)29-18)20-13(23)8-10-5-6-12(22)11(7-10)9-27-3/h5-7,14,17,22H,8-9H2,1-4H3,(H,20,23)(H,24,25). The lowest BCUT2D eigenvalue weighted by Gasteiger charge is -2.51. The van der Waals surface area contributed by atoms with Gasteiger partial charge in [-0.1, -0.05) is 6.07 Å². The van der Waals surface area contributed by atoms with Crippen LogP contribution in [0.5, 0.6) is 5.75 Å². The Morgan fingerprint density at radius 3 is 2.59 bits per heavy atom. The number of hydrogen-bond donors (Lipinski definition) is 3. The quantitative estimate of drug-likeness (QED) is 0.431. The Morgan fingerprint density at radius 1 is 1.31 bits per heavy atom. The third-order valence-corrected chi connectivity index (χ3v) is 6.81. The van der Waals surface area contributed by atoms with Crippen molar-refractivity contribution in [2.45, 2.75) is 48.8 Å². The van der Waals surface area contributed by atoms with Crippen molar-refractivity contribution in [3.05, 3.63) is 29.3 Å². The molecule has 3 N–H and O–H groups in total. The first-order chi connectivity index (χ1) is 13.6. The van der Waals surface area contributed by atoms with E-state index >= 15 is 0 Å². The number of thioether (sulfide) groups is 1. The predicted octanol–water partition coefficient (Wildman–Crippen LogP) is 0.687. The number of ether oxygens (including phenoxy) is 2. The van der Waals surface area contributed by atoms with E-state index < -0.39 is 39.7 Å². The van der Waals surface area contributed by atoms with E-state index in [0.29, 0.717) is 11.1 Å². The molecule has 10 heteroatoms. The minimum atomic E-state index is -1.60. The first-order valence-corrected chi connectivity index (χ1v) is 9.84. The number of hydrogen-bond acceptors (Lipinski definition) is 7. The molecule has 2 saturated heterocycles. The fraction of sp³-hybridized carbons (Fsp3) is 0.526. The van der Waals surface area contributed by atoms with Gasteiger partial charge in [0, 0.05) is 24.5 Å². The van der Waals surface area contributed by atoms with Gasteiger partial charge < -0.3 is 29.9 Å². The maximum atomic E-state index is 12.8. The zero-order valence-corrected chi connectivity index (χ0v) is 17.4. The second kappa shape index (κ2) is 7.51. The smallest absolute Gasteiger partial charge is 0.327 e. The summed E-state index contributed by atoms with van der Waals surface area (Å²) in [6.45, 7) is 3.69. The highest BCUT2D eigenvalue weighted by Gasteiger charge is 2.73. The van der Waals surface area contributed by atoms with Crippen molar-refractivity contribution in [3.8, 4) is 5.75 Å². The third kappa shape index (κ3) is 3.45. The molecule has 1 aromatic rings. The summed E-state index contributed by atoms with van der Waals surface area (Å²) in [5.74, 6) is -2.05. The van der Waals surface area contributed by atoms with Gasteiger partial charge in [0.05, 0.1) is 13.0 Å². The fourth-order valence-corrected chi connectivity index (χ4v) is 5.51. The van der Waals surface area contributed by atoms with E-state index in [9.17, 15) is 24.6 Å². The van der Waals surface area contributed by atoms with Crippen LogP contribution >= 0.6 is 11.8 Å². The number of aliphatic carboxylic acids is 1. The van der Waals surface area contributed by atoms with Gasteiger partial charge in [0.2, 0.25) is 5.91 Å². The highest BCUT2D eigenvalue weighted by Crippen LogP contribution is 2.55. The van der Waals surface area contributed by atoms with Crippen LogP contribution in [0.3, 0.4) is 0 Å². The van der Waals surface area contributed by atoms with Crippen LogP contribution in [0.1, 0.15) is 25.0 Å². The molecule has 2 heterocycles. The van der Waals surface area contributed by atoms with Crippen LogP contribution in [-0.4, -0.2) is 69.0 Å². The molecule has 0 bridgehead atoms. The minimum Gasteiger partial charge on any atom is -0.508 e. The molecule has 0 aromatic heterocycles. The second-order valence-electron chi connectivity index (χ2n) is 7.59. The van der Waals surface area contributed by atoms with E-state index in [0.717, 1.165) is 0 Å². The molecule has 0 radical (unpaired) electrons. The molecule has 0 aliphatic carbocycles. The zero-order chi connectivity index (χ0) is 21.6. The molecule has 29 heavy (non-hydrogen) atoms.